The van der Waals surface area contributed by atoms with Gasteiger partial charge < -0.3 is 0 Å². The Kier molecular flexibility index (Phi) is 1.64. The molecule has 5 heteroatoms. The first kappa shape index (κ1) is 9.35. The Morgan fingerprint density at radius 3 is 3.06 bits per heavy atom. The number of fused-ring (bicyclic) bond motifs is 5. The molecule has 84 valence electrons. The normalized spacial score (nSPS) is 16.3. The Balaban J connectivity index is 2.11. The smallest absolute Gasteiger partial charge is 0.265 e. The molecule has 0 aliphatic carbocycles. The van der Waals surface area contributed by atoms with Gasteiger partial charge in [0.25, 0.3) is 5.91 Å². The maximum Gasteiger partial charge on any atom is 0.296 e. The van der Waals surface area contributed by atoms with Crippen LogP contribution in [0.15, 0.2) is 40.7 Å². The van der Waals surface area contributed by atoms with Gasteiger partial charge in [0, 0.05) is 41.2 Å². The van der Waals surface area contributed by atoms with Gasteiger partial charge in [0.1, 0.15) is 5.71 Å². The lowest BCUT2D eigenvalue weighted by Gasteiger charge is -2.04. The minimum absolute atomic E-state index is 0.312. The summed E-state index contributed by atoms with van der Waals surface area (Å²) in [5.74, 6) is -0.312. The van der Waals surface area contributed by atoms with Crippen LogP contribution in [-0.4, -0.2) is 27.8 Å². The zero-order valence-corrected chi connectivity index (χ0v) is 9.16. The van der Waals surface area contributed by atoms with E-state index in [0.29, 0.717) is 5.71 Å². The quantitative estimate of drug-likeness (QED) is 0.696. The summed E-state index contributed by atoms with van der Waals surface area (Å²) < 4.78 is 0. The number of allylic oxidation sites excluding steroid dienone is 1. The van der Waals surface area contributed by atoms with Crippen LogP contribution in [0.2, 0.25) is 0 Å². The van der Waals surface area contributed by atoms with Crippen molar-refractivity contribution in [1.82, 2.24) is 9.97 Å². The number of hydrogen-bond acceptors (Lipinski definition) is 4. The Morgan fingerprint density at radius 2 is 2.11 bits per heavy atom. The van der Waals surface area contributed by atoms with Gasteiger partial charge in [-0.05, 0) is 12.1 Å². The van der Waals surface area contributed by atoms with Gasteiger partial charge in [-0.3, -0.25) is 14.8 Å². The van der Waals surface area contributed by atoms with Crippen LogP contribution < -0.4 is 0 Å². The van der Waals surface area contributed by atoms with Crippen molar-refractivity contribution in [2.24, 2.45) is 9.98 Å². The third-order valence-corrected chi connectivity index (χ3v) is 3.03. The van der Waals surface area contributed by atoms with Gasteiger partial charge in [0.15, 0.2) is 0 Å². The van der Waals surface area contributed by atoms with E-state index in [4.69, 9.17) is 0 Å². The first-order chi connectivity index (χ1) is 8.84. The number of aromatic nitrogens is 2. The fourth-order valence-electron chi connectivity index (χ4n) is 2.20. The largest absolute Gasteiger partial charge is 0.296 e. The molecule has 2 aliphatic heterocycles. The van der Waals surface area contributed by atoms with Crippen molar-refractivity contribution in [1.29, 1.82) is 0 Å². The lowest BCUT2D eigenvalue weighted by atomic mass is 10.0. The van der Waals surface area contributed by atoms with Crippen molar-refractivity contribution >= 4 is 39.9 Å². The molecule has 0 bridgehead atoms. The van der Waals surface area contributed by atoms with E-state index in [-0.39, 0.29) is 5.91 Å². The molecule has 1 amide bonds. The van der Waals surface area contributed by atoms with Crippen molar-refractivity contribution in [2.75, 3.05) is 0 Å². The molecule has 0 saturated carbocycles. The maximum absolute atomic E-state index is 11.7. The van der Waals surface area contributed by atoms with E-state index in [1.165, 1.54) is 6.21 Å². The lowest BCUT2D eigenvalue weighted by Crippen LogP contribution is -2.14. The second-order valence-corrected chi connectivity index (χ2v) is 4.04. The van der Waals surface area contributed by atoms with Gasteiger partial charge in [0.2, 0.25) is 0 Å². The molecule has 0 aromatic carbocycles. The predicted molar refractivity (Wildman–Crippen MR) is 68.1 cm³/mol. The van der Waals surface area contributed by atoms with Crippen molar-refractivity contribution < 1.29 is 4.79 Å². The number of carbonyl (C=O) groups is 1. The summed E-state index contributed by atoms with van der Waals surface area (Å²) in [7, 11) is 0. The molecule has 0 fully saturated rings. The Labute approximate surface area is 102 Å². The zero-order chi connectivity index (χ0) is 12.1. The molecule has 2 aliphatic rings. The standard InChI is InChI=1S/C13H6N4O/c18-13-12-9(2-4-15-13)10-11(17-12)8-1-3-14-5-7(8)6-16-10/h1-6H. The number of hydrogen-bond donors (Lipinski definition) is 0. The fourth-order valence-corrected chi connectivity index (χ4v) is 2.20. The summed E-state index contributed by atoms with van der Waals surface area (Å²) in [5.41, 5.74) is 2.60. The molecule has 0 N–H and O–H groups in total. The van der Waals surface area contributed by atoms with E-state index in [2.05, 4.69) is 20.0 Å². The monoisotopic (exact) mass is 234 g/mol. The van der Waals surface area contributed by atoms with Gasteiger partial charge in [-0.15, -0.1) is 0 Å². The molecule has 0 unspecified atom stereocenters. The van der Waals surface area contributed by atoms with E-state index >= 15 is 0 Å². The fraction of sp³-hybridized carbons (Fsp3) is 0. The van der Waals surface area contributed by atoms with E-state index in [0.717, 1.165) is 27.7 Å². The van der Waals surface area contributed by atoms with Crippen molar-refractivity contribution in [3.63, 3.8) is 0 Å². The summed E-state index contributed by atoms with van der Waals surface area (Å²) in [6.07, 6.45) is 8.45. The van der Waals surface area contributed by atoms with Crippen LogP contribution in [0.5, 0.6) is 0 Å². The summed E-state index contributed by atoms with van der Waals surface area (Å²) >= 11 is 0. The Bertz CT molecular complexity index is 802. The number of dihydropyridines is 1. The van der Waals surface area contributed by atoms with Crippen molar-refractivity contribution in [3.8, 4) is 0 Å². The molecule has 0 atom stereocenters. The van der Waals surface area contributed by atoms with Crippen LogP contribution >= 0.6 is 0 Å². The minimum atomic E-state index is -0.312. The Hall–Kier alpha value is -2.69. The molecule has 18 heavy (non-hydrogen) atoms. The molecule has 5 nitrogen and oxygen atoms in total. The van der Waals surface area contributed by atoms with Gasteiger partial charge in [0.05, 0.1) is 11.4 Å². The third kappa shape index (κ3) is 1.08. The Morgan fingerprint density at radius 1 is 1.17 bits per heavy atom. The highest BCUT2D eigenvalue weighted by molar-refractivity contribution is 6.60. The molecule has 0 saturated heterocycles. The number of rotatable bonds is 0. The van der Waals surface area contributed by atoms with Gasteiger partial charge >= 0.3 is 0 Å². The number of carbonyl (C=O) groups excluding carboxylic acids is 1. The zero-order valence-electron chi connectivity index (χ0n) is 9.16. The number of nitrogens with zero attached hydrogens (tertiary/aromatic N) is 4. The summed E-state index contributed by atoms with van der Waals surface area (Å²) in [6, 6.07) is 1.88. The molecule has 4 rings (SSSR count). The number of amides is 1. The molecule has 0 spiro atoms. The first-order valence-corrected chi connectivity index (χ1v) is 5.45. The molecule has 4 heterocycles. The average molecular weight is 234 g/mol. The van der Waals surface area contributed by atoms with E-state index in [9.17, 15) is 4.79 Å². The summed E-state index contributed by atoms with van der Waals surface area (Å²) in [4.78, 5) is 28.2. The summed E-state index contributed by atoms with van der Waals surface area (Å²) in [5, 5.41) is 1.86. The lowest BCUT2D eigenvalue weighted by molar-refractivity contribution is -0.111. The van der Waals surface area contributed by atoms with Crippen molar-refractivity contribution in [2.45, 2.75) is 0 Å². The topological polar surface area (TPSA) is 67.6 Å². The second kappa shape index (κ2) is 3.16. The highest BCUT2D eigenvalue weighted by Gasteiger charge is 2.29. The van der Waals surface area contributed by atoms with Crippen LogP contribution in [0.25, 0.3) is 16.3 Å². The van der Waals surface area contributed by atoms with Crippen LogP contribution in [-0.2, 0) is 4.79 Å². The number of aliphatic imine (C=N–C) groups is 2. The van der Waals surface area contributed by atoms with E-state index < -0.39 is 0 Å². The molecular weight excluding hydrogens is 228 g/mol. The maximum atomic E-state index is 11.7. The predicted octanol–water partition coefficient (Wildman–Crippen LogP) is 1.71. The SMILES string of the molecule is O=C1N=CC=C2C1=Nc1c2ncc2cnccc12. The highest BCUT2D eigenvalue weighted by atomic mass is 16.1. The van der Waals surface area contributed by atoms with Crippen molar-refractivity contribution in [3.05, 3.63) is 36.4 Å². The minimum Gasteiger partial charge on any atom is -0.265 e. The van der Waals surface area contributed by atoms with Gasteiger partial charge in [-0.2, -0.15) is 0 Å². The highest BCUT2D eigenvalue weighted by Crippen LogP contribution is 2.39. The third-order valence-electron chi connectivity index (χ3n) is 3.03. The summed E-state index contributed by atoms with van der Waals surface area (Å²) in [6.45, 7) is 0. The second-order valence-electron chi connectivity index (χ2n) is 4.04. The van der Waals surface area contributed by atoms with E-state index in [1.54, 1.807) is 24.7 Å². The van der Waals surface area contributed by atoms with Gasteiger partial charge in [-0.25, -0.2) is 9.98 Å². The average Bonchev–Trinajstić information content (AvgIpc) is 2.79. The van der Waals surface area contributed by atoms with Crippen LogP contribution in [0, 0.1) is 0 Å². The molecule has 0 radical (unpaired) electrons. The van der Waals surface area contributed by atoms with Crippen LogP contribution in [0.3, 0.4) is 0 Å². The molecular formula is C13H6N4O. The molecule has 2 aromatic heterocycles. The first-order valence-electron chi connectivity index (χ1n) is 5.45. The number of pyridine rings is 2. The van der Waals surface area contributed by atoms with Crippen LogP contribution in [0.1, 0.15) is 5.69 Å². The van der Waals surface area contributed by atoms with Gasteiger partial charge in [-0.1, -0.05) is 0 Å². The van der Waals surface area contributed by atoms with Crippen LogP contribution in [0.4, 0.5) is 5.69 Å². The van der Waals surface area contributed by atoms with E-state index in [1.807, 2.05) is 6.07 Å². The molecule has 2 aromatic rings.